The predicted molar refractivity (Wildman–Crippen MR) is 101 cm³/mol. The van der Waals surface area contributed by atoms with Gasteiger partial charge >= 0.3 is 5.97 Å². The zero-order chi connectivity index (χ0) is 19.8. The molecule has 0 saturated carbocycles. The number of esters is 1. The van der Waals surface area contributed by atoms with E-state index in [1.54, 1.807) is 49.4 Å². The first-order chi connectivity index (χ1) is 13.0. The Morgan fingerprint density at radius 2 is 1.52 bits per heavy atom. The first-order valence-corrected chi connectivity index (χ1v) is 8.28. The number of ether oxygens (including phenoxy) is 4. The van der Waals surface area contributed by atoms with Crippen LogP contribution in [-0.4, -0.2) is 39.2 Å². The van der Waals surface area contributed by atoms with Gasteiger partial charge in [0.05, 0.1) is 21.3 Å². The van der Waals surface area contributed by atoms with Crippen molar-refractivity contribution < 1.29 is 28.5 Å². The van der Waals surface area contributed by atoms with Crippen molar-refractivity contribution >= 4 is 17.8 Å². The van der Waals surface area contributed by atoms with E-state index in [0.717, 1.165) is 0 Å². The second-order valence-corrected chi connectivity index (χ2v) is 5.60. The summed E-state index contributed by atoms with van der Waals surface area (Å²) in [6, 6.07) is 12.1. The van der Waals surface area contributed by atoms with Crippen molar-refractivity contribution in [2.24, 2.45) is 0 Å². The molecule has 0 heterocycles. The largest absolute Gasteiger partial charge is 0.493 e. The molecular formula is C21H22O6. The zero-order valence-electron chi connectivity index (χ0n) is 15.7. The van der Waals surface area contributed by atoms with Crippen LogP contribution in [0.3, 0.4) is 0 Å². The molecule has 0 aliphatic heterocycles. The monoisotopic (exact) mass is 370 g/mol. The normalized spacial score (nSPS) is 11.7. The number of hydrogen-bond donors (Lipinski definition) is 0. The van der Waals surface area contributed by atoms with Gasteiger partial charge < -0.3 is 18.9 Å². The van der Waals surface area contributed by atoms with E-state index >= 15 is 0 Å². The molecule has 2 rings (SSSR count). The van der Waals surface area contributed by atoms with Gasteiger partial charge in [-0.05, 0) is 30.7 Å². The Morgan fingerprint density at radius 3 is 2.04 bits per heavy atom. The van der Waals surface area contributed by atoms with Crippen molar-refractivity contribution in [3.05, 3.63) is 59.7 Å². The molecule has 6 heteroatoms. The van der Waals surface area contributed by atoms with Crippen LogP contribution < -0.4 is 14.2 Å². The van der Waals surface area contributed by atoms with Crippen molar-refractivity contribution in [1.29, 1.82) is 0 Å². The number of ketones is 1. The van der Waals surface area contributed by atoms with Gasteiger partial charge in [0.15, 0.2) is 17.6 Å². The Labute approximate surface area is 158 Å². The summed E-state index contributed by atoms with van der Waals surface area (Å²) in [6.45, 7) is 1.54. The van der Waals surface area contributed by atoms with Crippen LogP contribution >= 0.6 is 0 Å². The zero-order valence-corrected chi connectivity index (χ0v) is 15.7. The average Bonchev–Trinajstić information content (AvgIpc) is 2.71. The highest BCUT2D eigenvalue weighted by atomic mass is 16.5. The van der Waals surface area contributed by atoms with Crippen LogP contribution in [0.4, 0.5) is 0 Å². The molecule has 0 fully saturated rings. The summed E-state index contributed by atoms with van der Waals surface area (Å²) in [6.07, 6.45) is 1.91. The molecule has 0 amide bonds. The van der Waals surface area contributed by atoms with E-state index in [-0.39, 0.29) is 5.78 Å². The van der Waals surface area contributed by atoms with Crippen molar-refractivity contribution in [2.45, 2.75) is 13.0 Å². The maximum Gasteiger partial charge on any atom is 0.331 e. The third-order valence-electron chi connectivity index (χ3n) is 3.82. The molecule has 0 aromatic heterocycles. The second kappa shape index (κ2) is 9.43. The van der Waals surface area contributed by atoms with Crippen LogP contribution in [0.5, 0.6) is 17.2 Å². The van der Waals surface area contributed by atoms with Gasteiger partial charge in [0.25, 0.3) is 0 Å². The smallest absolute Gasteiger partial charge is 0.331 e. The summed E-state index contributed by atoms with van der Waals surface area (Å²) in [5, 5.41) is 0. The molecular weight excluding hydrogens is 348 g/mol. The van der Waals surface area contributed by atoms with Crippen molar-refractivity contribution in [3.8, 4) is 17.2 Å². The van der Waals surface area contributed by atoms with Gasteiger partial charge in [-0.15, -0.1) is 0 Å². The minimum absolute atomic E-state index is 0.259. The van der Waals surface area contributed by atoms with Crippen LogP contribution in [0.2, 0.25) is 0 Å². The average molecular weight is 370 g/mol. The molecule has 2 aromatic rings. The number of rotatable bonds is 8. The third kappa shape index (κ3) is 5.10. The second-order valence-electron chi connectivity index (χ2n) is 5.60. The minimum atomic E-state index is -0.885. The molecule has 27 heavy (non-hydrogen) atoms. The van der Waals surface area contributed by atoms with E-state index < -0.39 is 12.1 Å². The van der Waals surface area contributed by atoms with Gasteiger partial charge in [0, 0.05) is 11.6 Å². The predicted octanol–water partition coefficient (Wildman–Crippen LogP) is 3.54. The Kier molecular flexibility index (Phi) is 7.00. The number of benzene rings is 2. The van der Waals surface area contributed by atoms with Gasteiger partial charge in [-0.1, -0.05) is 30.3 Å². The van der Waals surface area contributed by atoms with Crippen molar-refractivity contribution in [2.75, 3.05) is 21.3 Å². The van der Waals surface area contributed by atoms with E-state index in [2.05, 4.69) is 0 Å². The molecule has 0 saturated heterocycles. The van der Waals surface area contributed by atoms with E-state index in [1.807, 2.05) is 6.07 Å². The SMILES string of the molecule is COc1cc(/C=C\C(=O)O[C@@H](C)C(=O)c2ccccc2)cc(OC)c1OC. The van der Waals surface area contributed by atoms with E-state index in [4.69, 9.17) is 18.9 Å². The molecule has 2 aromatic carbocycles. The van der Waals surface area contributed by atoms with Crippen LogP contribution in [0, 0.1) is 0 Å². The summed E-state index contributed by atoms with van der Waals surface area (Å²) < 4.78 is 21.0. The summed E-state index contributed by atoms with van der Waals surface area (Å²) in [4.78, 5) is 24.3. The Bertz CT molecular complexity index is 801. The fraction of sp³-hybridized carbons (Fsp3) is 0.238. The first kappa shape index (κ1) is 20.0. The van der Waals surface area contributed by atoms with E-state index in [9.17, 15) is 9.59 Å². The van der Waals surface area contributed by atoms with Crippen LogP contribution in [0.25, 0.3) is 6.08 Å². The lowest BCUT2D eigenvalue weighted by Crippen LogP contribution is -2.23. The molecule has 142 valence electrons. The van der Waals surface area contributed by atoms with E-state index in [0.29, 0.717) is 28.4 Å². The molecule has 6 nitrogen and oxygen atoms in total. The molecule has 0 aliphatic carbocycles. The molecule has 0 bridgehead atoms. The number of hydrogen-bond acceptors (Lipinski definition) is 6. The fourth-order valence-electron chi connectivity index (χ4n) is 2.47. The number of Topliss-reactive ketones (excluding diaryl/α,β-unsaturated/α-hetero) is 1. The fourth-order valence-corrected chi connectivity index (χ4v) is 2.47. The molecule has 0 N–H and O–H groups in total. The lowest BCUT2D eigenvalue weighted by Gasteiger charge is -2.13. The van der Waals surface area contributed by atoms with Gasteiger partial charge in [-0.25, -0.2) is 4.79 Å². The van der Waals surface area contributed by atoms with E-state index in [1.165, 1.54) is 27.4 Å². The molecule has 1 atom stereocenters. The third-order valence-corrected chi connectivity index (χ3v) is 3.82. The van der Waals surface area contributed by atoms with Gasteiger partial charge in [0.1, 0.15) is 0 Å². The summed E-state index contributed by atoms with van der Waals surface area (Å²) in [5.74, 6) is 0.516. The summed E-state index contributed by atoms with van der Waals surface area (Å²) in [5.41, 5.74) is 1.15. The van der Waals surface area contributed by atoms with Crippen molar-refractivity contribution in [1.82, 2.24) is 0 Å². The molecule has 0 unspecified atom stereocenters. The summed E-state index contributed by atoms with van der Waals surface area (Å²) in [7, 11) is 4.53. The van der Waals surface area contributed by atoms with Gasteiger partial charge in [-0.3, -0.25) is 4.79 Å². The van der Waals surface area contributed by atoms with Crippen LogP contribution in [0.1, 0.15) is 22.8 Å². The topological polar surface area (TPSA) is 71.1 Å². The number of carbonyl (C=O) groups is 2. The Morgan fingerprint density at radius 1 is 0.926 bits per heavy atom. The minimum Gasteiger partial charge on any atom is -0.493 e. The molecule has 0 radical (unpaired) electrons. The first-order valence-electron chi connectivity index (χ1n) is 8.28. The maximum atomic E-state index is 12.2. The lowest BCUT2D eigenvalue weighted by molar-refractivity contribution is -0.140. The van der Waals surface area contributed by atoms with Gasteiger partial charge in [0.2, 0.25) is 11.5 Å². The number of methoxy groups -OCH3 is 3. The van der Waals surface area contributed by atoms with Gasteiger partial charge in [-0.2, -0.15) is 0 Å². The standard InChI is InChI=1S/C21H22O6/c1-14(20(23)16-8-6-5-7-9-16)27-19(22)11-10-15-12-17(24-2)21(26-4)18(13-15)25-3/h5-14H,1-4H3/b11-10-/t14-/m0/s1. The Balaban J connectivity index is 2.09. The van der Waals surface area contributed by atoms with Crippen LogP contribution in [-0.2, 0) is 9.53 Å². The summed E-state index contributed by atoms with van der Waals surface area (Å²) >= 11 is 0. The number of carbonyl (C=O) groups excluding carboxylic acids is 2. The maximum absolute atomic E-state index is 12.2. The van der Waals surface area contributed by atoms with Crippen molar-refractivity contribution in [3.63, 3.8) is 0 Å². The molecule has 0 aliphatic rings. The van der Waals surface area contributed by atoms with Crippen LogP contribution in [0.15, 0.2) is 48.5 Å². The highest BCUT2D eigenvalue weighted by molar-refractivity contribution is 6.01. The lowest BCUT2D eigenvalue weighted by atomic mass is 10.1. The highest BCUT2D eigenvalue weighted by Gasteiger charge is 2.18. The Hall–Kier alpha value is -3.28. The molecule has 0 spiro atoms. The quantitative estimate of drug-likeness (QED) is 0.402. The highest BCUT2D eigenvalue weighted by Crippen LogP contribution is 2.38.